The molecule has 0 unspecified atom stereocenters. The van der Waals surface area contributed by atoms with Gasteiger partial charge in [0.1, 0.15) is 0 Å². The fourth-order valence-electron chi connectivity index (χ4n) is 2.09. The summed E-state index contributed by atoms with van der Waals surface area (Å²) in [6.45, 7) is 1.37. The third-order valence-corrected chi connectivity index (χ3v) is 3.02. The molecular formula is C15H15N3O4. The van der Waals surface area contributed by atoms with Gasteiger partial charge >= 0.3 is 0 Å². The van der Waals surface area contributed by atoms with Gasteiger partial charge in [-0.25, -0.2) is 0 Å². The second kappa shape index (κ2) is 6.66. The SMILES string of the molecule is CC(=O)NC1=CCCC=C1C(=O)Nc1cccc([N+](=O)[O-])c1. The third kappa shape index (κ3) is 3.78. The summed E-state index contributed by atoms with van der Waals surface area (Å²) in [6.07, 6.45) is 4.95. The molecule has 0 saturated carbocycles. The number of non-ortho nitro benzene ring substituents is 1. The van der Waals surface area contributed by atoms with Gasteiger partial charge in [0, 0.05) is 30.4 Å². The van der Waals surface area contributed by atoms with Crippen LogP contribution in [-0.2, 0) is 9.59 Å². The Morgan fingerprint density at radius 2 is 1.91 bits per heavy atom. The minimum Gasteiger partial charge on any atom is -0.326 e. The van der Waals surface area contributed by atoms with Crippen LogP contribution in [0.3, 0.4) is 0 Å². The second-order valence-electron chi connectivity index (χ2n) is 4.76. The third-order valence-electron chi connectivity index (χ3n) is 3.02. The summed E-state index contributed by atoms with van der Waals surface area (Å²) >= 11 is 0. The van der Waals surface area contributed by atoms with Crippen LogP contribution in [0.15, 0.2) is 47.7 Å². The first-order valence-electron chi connectivity index (χ1n) is 6.71. The number of benzene rings is 1. The van der Waals surface area contributed by atoms with Gasteiger partial charge in [-0.2, -0.15) is 0 Å². The van der Waals surface area contributed by atoms with Crippen molar-refractivity contribution in [2.24, 2.45) is 0 Å². The molecule has 0 fully saturated rings. The van der Waals surface area contributed by atoms with Crippen molar-refractivity contribution in [3.8, 4) is 0 Å². The Morgan fingerprint density at radius 1 is 1.18 bits per heavy atom. The minimum absolute atomic E-state index is 0.104. The van der Waals surface area contributed by atoms with E-state index in [1.807, 2.05) is 0 Å². The zero-order chi connectivity index (χ0) is 16.1. The number of amides is 2. The van der Waals surface area contributed by atoms with Gasteiger partial charge in [0.05, 0.1) is 10.5 Å². The largest absolute Gasteiger partial charge is 0.326 e. The zero-order valence-electron chi connectivity index (χ0n) is 12.0. The Bertz CT molecular complexity index is 692. The van der Waals surface area contributed by atoms with Crippen molar-refractivity contribution in [2.45, 2.75) is 19.8 Å². The number of anilines is 1. The van der Waals surface area contributed by atoms with Crippen molar-refractivity contribution >= 4 is 23.2 Å². The van der Waals surface area contributed by atoms with Crippen molar-refractivity contribution < 1.29 is 14.5 Å². The van der Waals surface area contributed by atoms with Crippen molar-refractivity contribution in [3.05, 3.63) is 57.8 Å². The molecular weight excluding hydrogens is 286 g/mol. The average molecular weight is 301 g/mol. The van der Waals surface area contributed by atoms with Crippen LogP contribution in [0, 0.1) is 10.1 Å². The molecule has 0 aliphatic heterocycles. The summed E-state index contributed by atoms with van der Waals surface area (Å²) in [5.74, 6) is -0.678. The standard InChI is InChI=1S/C15H15N3O4/c1-10(19)16-14-8-3-2-7-13(14)15(20)17-11-5-4-6-12(9-11)18(21)22/h4-9H,2-3H2,1H3,(H,16,19)(H,17,20). The minimum atomic E-state index is -0.530. The van der Waals surface area contributed by atoms with E-state index < -0.39 is 10.8 Å². The van der Waals surface area contributed by atoms with Gasteiger partial charge in [-0.05, 0) is 18.9 Å². The van der Waals surface area contributed by atoms with Crippen LogP contribution in [-0.4, -0.2) is 16.7 Å². The summed E-state index contributed by atoms with van der Waals surface area (Å²) in [7, 11) is 0. The lowest BCUT2D eigenvalue weighted by Crippen LogP contribution is -2.27. The molecule has 1 aromatic rings. The van der Waals surface area contributed by atoms with E-state index in [1.54, 1.807) is 18.2 Å². The molecule has 0 atom stereocenters. The lowest BCUT2D eigenvalue weighted by molar-refractivity contribution is -0.384. The number of nitrogens with zero attached hydrogens (tertiary/aromatic N) is 1. The Morgan fingerprint density at radius 3 is 2.59 bits per heavy atom. The van der Waals surface area contributed by atoms with Gasteiger partial charge in [0.15, 0.2) is 0 Å². The summed E-state index contributed by atoms with van der Waals surface area (Å²) < 4.78 is 0. The van der Waals surface area contributed by atoms with E-state index in [4.69, 9.17) is 0 Å². The maximum Gasteiger partial charge on any atom is 0.271 e. The molecule has 22 heavy (non-hydrogen) atoms. The average Bonchev–Trinajstić information content (AvgIpc) is 2.47. The molecule has 0 saturated heterocycles. The van der Waals surface area contributed by atoms with Crippen LogP contribution in [0.2, 0.25) is 0 Å². The second-order valence-corrected chi connectivity index (χ2v) is 4.76. The van der Waals surface area contributed by atoms with Gasteiger partial charge < -0.3 is 10.6 Å². The molecule has 0 heterocycles. The van der Waals surface area contributed by atoms with Crippen molar-refractivity contribution in [1.82, 2.24) is 5.32 Å². The molecule has 7 nitrogen and oxygen atoms in total. The molecule has 114 valence electrons. The number of nitro groups is 1. The first-order chi connectivity index (χ1) is 10.5. The smallest absolute Gasteiger partial charge is 0.271 e. The van der Waals surface area contributed by atoms with Crippen molar-refractivity contribution in [1.29, 1.82) is 0 Å². The lowest BCUT2D eigenvalue weighted by atomic mass is 10.0. The fourth-order valence-corrected chi connectivity index (χ4v) is 2.09. The van der Waals surface area contributed by atoms with Crippen LogP contribution >= 0.6 is 0 Å². The number of carbonyl (C=O) groups is 2. The molecule has 2 amide bonds. The molecule has 2 rings (SSSR count). The highest BCUT2D eigenvalue weighted by atomic mass is 16.6. The number of hydrogen-bond donors (Lipinski definition) is 2. The zero-order valence-corrected chi connectivity index (χ0v) is 12.0. The van der Waals surface area contributed by atoms with E-state index in [2.05, 4.69) is 10.6 Å². The molecule has 0 bridgehead atoms. The van der Waals surface area contributed by atoms with E-state index in [1.165, 1.54) is 25.1 Å². The van der Waals surface area contributed by atoms with Gasteiger partial charge in [0.2, 0.25) is 5.91 Å². The van der Waals surface area contributed by atoms with Gasteiger partial charge in [0.25, 0.3) is 11.6 Å². The Kier molecular flexibility index (Phi) is 4.67. The monoisotopic (exact) mass is 301 g/mol. The van der Waals surface area contributed by atoms with Crippen LogP contribution in [0.4, 0.5) is 11.4 Å². The van der Waals surface area contributed by atoms with Crippen LogP contribution in [0.1, 0.15) is 19.8 Å². The number of allylic oxidation sites excluding steroid dienone is 2. The molecule has 1 aliphatic carbocycles. The lowest BCUT2D eigenvalue weighted by Gasteiger charge is -2.16. The quantitative estimate of drug-likeness (QED) is 0.658. The molecule has 2 N–H and O–H groups in total. The van der Waals surface area contributed by atoms with Crippen molar-refractivity contribution in [3.63, 3.8) is 0 Å². The predicted molar refractivity (Wildman–Crippen MR) is 80.9 cm³/mol. The first kappa shape index (κ1) is 15.4. The predicted octanol–water partition coefficient (Wildman–Crippen LogP) is 2.27. The van der Waals surface area contributed by atoms with E-state index in [0.717, 1.165) is 6.42 Å². The Balaban J connectivity index is 2.16. The molecule has 7 heteroatoms. The topological polar surface area (TPSA) is 101 Å². The summed E-state index contributed by atoms with van der Waals surface area (Å²) in [6, 6.07) is 5.69. The van der Waals surface area contributed by atoms with Crippen LogP contribution in [0.25, 0.3) is 0 Å². The summed E-state index contributed by atoms with van der Waals surface area (Å²) in [4.78, 5) is 33.7. The normalized spacial score (nSPS) is 13.7. The Labute approximate surface area is 126 Å². The van der Waals surface area contributed by atoms with Crippen LogP contribution < -0.4 is 10.6 Å². The summed E-state index contributed by atoms with van der Waals surface area (Å²) in [5.41, 5.74) is 1.04. The van der Waals surface area contributed by atoms with E-state index >= 15 is 0 Å². The van der Waals surface area contributed by atoms with Gasteiger partial charge in [-0.3, -0.25) is 19.7 Å². The number of carbonyl (C=O) groups excluding carboxylic acids is 2. The highest BCUT2D eigenvalue weighted by Crippen LogP contribution is 2.21. The Hall–Kier alpha value is -2.96. The van der Waals surface area contributed by atoms with Crippen LogP contribution in [0.5, 0.6) is 0 Å². The van der Waals surface area contributed by atoms with E-state index in [9.17, 15) is 19.7 Å². The summed E-state index contributed by atoms with van der Waals surface area (Å²) in [5, 5.41) is 16.0. The number of nitro benzene ring substituents is 1. The molecule has 1 aromatic carbocycles. The van der Waals surface area contributed by atoms with Crippen molar-refractivity contribution in [2.75, 3.05) is 5.32 Å². The molecule has 0 spiro atoms. The van der Waals surface area contributed by atoms with Gasteiger partial charge in [-0.1, -0.05) is 18.2 Å². The fraction of sp³-hybridized carbons (Fsp3) is 0.200. The van der Waals surface area contributed by atoms with E-state index in [0.29, 0.717) is 23.4 Å². The maximum atomic E-state index is 12.3. The van der Waals surface area contributed by atoms with Gasteiger partial charge in [-0.15, -0.1) is 0 Å². The number of hydrogen-bond acceptors (Lipinski definition) is 4. The number of rotatable bonds is 4. The maximum absolute atomic E-state index is 12.3. The highest BCUT2D eigenvalue weighted by Gasteiger charge is 2.18. The first-order valence-corrected chi connectivity index (χ1v) is 6.71. The molecule has 0 aromatic heterocycles. The molecule has 0 radical (unpaired) electrons. The van der Waals surface area contributed by atoms with E-state index in [-0.39, 0.29) is 11.6 Å². The number of nitrogens with one attached hydrogen (secondary N) is 2. The molecule has 1 aliphatic rings. The highest BCUT2D eigenvalue weighted by molar-refractivity contribution is 6.07.